The number of hydrogen-bond donors (Lipinski definition) is 0. The molecule has 0 saturated carbocycles. The van der Waals surface area contributed by atoms with E-state index in [4.69, 9.17) is 0 Å². The van der Waals surface area contributed by atoms with Gasteiger partial charge in [0.25, 0.3) is 5.91 Å². The number of carbonyl (C=O) groups excluding carboxylic acids is 1. The van der Waals surface area contributed by atoms with Gasteiger partial charge in [0, 0.05) is 17.9 Å². The summed E-state index contributed by atoms with van der Waals surface area (Å²) in [5.74, 6) is -0.0133. The highest BCUT2D eigenvalue weighted by Gasteiger charge is 2.36. The maximum absolute atomic E-state index is 11.9. The maximum atomic E-state index is 11.9. The minimum absolute atomic E-state index is 0.0133. The van der Waals surface area contributed by atoms with Crippen LogP contribution in [-0.2, 0) is 6.54 Å². The van der Waals surface area contributed by atoms with E-state index >= 15 is 0 Å². The normalized spacial score (nSPS) is 15.9. The summed E-state index contributed by atoms with van der Waals surface area (Å²) in [4.78, 5) is 21.9. The second kappa shape index (κ2) is 2.77. The second-order valence-electron chi connectivity index (χ2n) is 4.41. The largest absolute Gasteiger partial charge is 0.326 e. The van der Waals surface area contributed by atoms with Crippen LogP contribution in [0.3, 0.4) is 0 Å². The van der Waals surface area contributed by atoms with Crippen molar-refractivity contribution in [3.8, 4) is 0 Å². The Balaban J connectivity index is 2.40. The first-order valence-corrected chi connectivity index (χ1v) is 4.62. The Morgan fingerprint density at radius 3 is 2.50 bits per heavy atom. The van der Waals surface area contributed by atoms with Crippen LogP contribution in [0.1, 0.15) is 37.0 Å². The number of hydrogen-bond acceptors (Lipinski definition) is 3. The highest BCUT2D eigenvalue weighted by atomic mass is 16.2. The summed E-state index contributed by atoms with van der Waals surface area (Å²) in [6.45, 7) is 6.61. The molecule has 0 aliphatic carbocycles. The van der Waals surface area contributed by atoms with E-state index in [0.717, 1.165) is 5.69 Å². The monoisotopic (exact) mass is 191 g/mol. The van der Waals surface area contributed by atoms with Crippen LogP contribution in [0, 0.1) is 0 Å². The Hall–Kier alpha value is -1.45. The molecule has 1 aliphatic rings. The first kappa shape index (κ1) is 9.12. The molecule has 1 aliphatic heterocycles. The Bertz CT molecular complexity index is 381. The summed E-state index contributed by atoms with van der Waals surface area (Å²) < 4.78 is 0. The van der Waals surface area contributed by atoms with Gasteiger partial charge in [-0.05, 0) is 20.8 Å². The SMILES string of the molecule is CC(C)(C)N1Cc2nccnc2C1=O. The number of amides is 1. The molecule has 0 unspecified atom stereocenters. The number of fused-ring (bicyclic) bond motifs is 1. The zero-order chi connectivity index (χ0) is 10.3. The molecule has 74 valence electrons. The molecule has 1 aromatic heterocycles. The molecule has 0 bridgehead atoms. The van der Waals surface area contributed by atoms with E-state index in [0.29, 0.717) is 12.2 Å². The Kier molecular flexibility index (Phi) is 1.80. The van der Waals surface area contributed by atoms with E-state index < -0.39 is 0 Å². The highest BCUT2D eigenvalue weighted by Crippen LogP contribution is 2.25. The fourth-order valence-electron chi connectivity index (χ4n) is 1.55. The molecule has 4 heteroatoms. The lowest BCUT2D eigenvalue weighted by atomic mass is 10.1. The molecular weight excluding hydrogens is 178 g/mol. The molecule has 0 aromatic carbocycles. The summed E-state index contributed by atoms with van der Waals surface area (Å²) in [7, 11) is 0. The van der Waals surface area contributed by atoms with Gasteiger partial charge in [-0.15, -0.1) is 0 Å². The van der Waals surface area contributed by atoms with Gasteiger partial charge in [-0.2, -0.15) is 0 Å². The molecule has 0 radical (unpaired) electrons. The fraction of sp³-hybridized carbons (Fsp3) is 0.500. The van der Waals surface area contributed by atoms with Crippen molar-refractivity contribution < 1.29 is 4.79 Å². The van der Waals surface area contributed by atoms with E-state index in [1.165, 1.54) is 0 Å². The third-order valence-corrected chi connectivity index (χ3v) is 2.34. The first-order chi connectivity index (χ1) is 6.50. The van der Waals surface area contributed by atoms with Gasteiger partial charge < -0.3 is 4.90 Å². The molecule has 1 aromatic rings. The molecule has 0 N–H and O–H groups in total. The van der Waals surface area contributed by atoms with Crippen molar-refractivity contribution in [1.82, 2.24) is 14.9 Å². The quantitative estimate of drug-likeness (QED) is 0.619. The van der Waals surface area contributed by atoms with Crippen molar-refractivity contribution in [3.05, 3.63) is 23.8 Å². The van der Waals surface area contributed by atoms with E-state index in [-0.39, 0.29) is 11.4 Å². The first-order valence-electron chi connectivity index (χ1n) is 4.62. The number of aromatic nitrogens is 2. The predicted molar refractivity (Wildman–Crippen MR) is 51.7 cm³/mol. The Morgan fingerprint density at radius 1 is 1.29 bits per heavy atom. The van der Waals surface area contributed by atoms with Gasteiger partial charge in [-0.1, -0.05) is 0 Å². The standard InChI is InChI=1S/C10H13N3O/c1-10(2,3)13-6-7-8(9(13)14)12-5-4-11-7/h4-5H,6H2,1-3H3. The van der Waals surface area contributed by atoms with Gasteiger partial charge >= 0.3 is 0 Å². The molecule has 2 rings (SSSR count). The van der Waals surface area contributed by atoms with Gasteiger partial charge in [-0.25, -0.2) is 4.98 Å². The topological polar surface area (TPSA) is 46.1 Å². The Morgan fingerprint density at radius 2 is 1.93 bits per heavy atom. The van der Waals surface area contributed by atoms with E-state index in [2.05, 4.69) is 9.97 Å². The molecule has 14 heavy (non-hydrogen) atoms. The van der Waals surface area contributed by atoms with Crippen LogP contribution in [0.2, 0.25) is 0 Å². The molecule has 4 nitrogen and oxygen atoms in total. The lowest BCUT2D eigenvalue weighted by Gasteiger charge is -2.30. The van der Waals surface area contributed by atoms with Crippen LogP contribution in [0.15, 0.2) is 12.4 Å². The Labute approximate surface area is 83.0 Å². The molecule has 0 saturated heterocycles. The average Bonchev–Trinajstić information content (AvgIpc) is 2.44. The molecule has 1 amide bonds. The summed E-state index contributed by atoms with van der Waals surface area (Å²) in [6, 6.07) is 0. The van der Waals surface area contributed by atoms with Crippen molar-refractivity contribution in [3.63, 3.8) is 0 Å². The van der Waals surface area contributed by atoms with Crippen LogP contribution in [0.5, 0.6) is 0 Å². The third kappa shape index (κ3) is 1.27. The summed E-state index contributed by atoms with van der Waals surface area (Å²) in [5.41, 5.74) is 1.12. The van der Waals surface area contributed by atoms with Gasteiger partial charge in [0.05, 0.1) is 12.2 Å². The van der Waals surface area contributed by atoms with Crippen molar-refractivity contribution in [1.29, 1.82) is 0 Å². The smallest absolute Gasteiger partial charge is 0.275 e. The molecule has 0 fully saturated rings. The van der Waals surface area contributed by atoms with Crippen LogP contribution in [0.25, 0.3) is 0 Å². The summed E-state index contributed by atoms with van der Waals surface area (Å²) in [5, 5.41) is 0. The lowest BCUT2D eigenvalue weighted by molar-refractivity contribution is 0.0604. The highest BCUT2D eigenvalue weighted by molar-refractivity contribution is 5.96. The van der Waals surface area contributed by atoms with Gasteiger partial charge in [0.15, 0.2) is 5.69 Å². The lowest BCUT2D eigenvalue weighted by Crippen LogP contribution is -2.41. The molecule has 0 atom stereocenters. The second-order valence-corrected chi connectivity index (χ2v) is 4.41. The van der Waals surface area contributed by atoms with Gasteiger partial charge in [0.2, 0.25) is 0 Å². The van der Waals surface area contributed by atoms with Crippen molar-refractivity contribution in [2.45, 2.75) is 32.9 Å². The predicted octanol–water partition coefficient (Wildman–Crippen LogP) is 1.23. The van der Waals surface area contributed by atoms with Crippen molar-refractivity contribution >= 4 is 5.91 Å². The number of nitrogens with zero attached hydrogens (tertiary/aromatic N) is 3. The minimum Gasteiger partial charge on any atom is -0.326 e. The fourth-order valence-corrected chi connectivity index (χ4v) is 1.55. The minimum atomic E-state index is -0.167. The summed E-state index contributed by atoms with van der Waals surface area (Å²) in [6.07, 6.45) is 3.18. The van der Waals surface area contributed by atoms with Crippen LogP contribution in [0.4, 0.5) is 0 Å². The van der Waals surface area contributed by atoms with Crippen molar-refractivity contribution in [2.24, 2.45) is 0 Å². The van der Waals surface area contributed by atoms with Crippen LogP contribution < -0.4 is 0 Å². The van der Waals surface area contributed by atoms with Crippen LogP contribution in [-0.4, -0.2) is 26.3 Å². The van der Waals surface area contributed by atoms with E-state index in [9.17, 15) is 4.79 Å². The summed E-state index contributed by atoms with van der Waals surface area (Å²) >= 11 is 0. The van der Waals surface area contributed by atoms with Gasteiger partial charge in [-0.3, -0.25) is 9.78 Å². The molecule has 0 spiro atoms. The van der Waals surface area contributed by atoms with E-state index in [1.807, 2.05) is 20.8 Å². The average molecular weight is 191 g/mol. The van der Waals surface area contributed by atoms with E-state index in [1.54, 1.807) is 17.3 Å². The van der Waals surface area contributed by atoms with Crippen LogP contribution >= 0.6 is 0 Å². The maximum Gasteiger partial charge on any atom is 0.275 e. The number of rotatable bonds is 0. The molecular formula is C10H13N3O. The zero-order valence-electron chi connectivity index (χ0n) is 8.61. The third-order valence-electron chi connectivity index (χ3n) is 2.34. The van der Waals surface area contributed by atoms with Gasteiger partial charge in [0.1, 0.15) is 0 Å². The molecule has 2 heterocycles. The van der Waals surface area contributed by atoms with Crippen molar-refractivity contribution in [2.75, 3.05) is 0 Å². The zero-order valence-corrected chi connectivity index (χ0v) is 8.61. The number of carbonyl (C=O) groups is 1.